The minimum atomic E-state index is 0.231. The Kier molecular flexibility index (Phi) is 6.28. The van der Waals surface area contributed by atoms with Gasteiger partial charge in [0, 0.05) is 37.3 Å². The van der Waals surface area contributed by atoms with E-state index in [9.17, 15) is 0 Å². The van der Waals surface area contributed by atoms with Gasteiger partial charge in [0.05, 0.1) is 6.61 Å². The average molecular weight is 270 g/mol. The molecule has 0 atom stereocenters. The van der Waals surface area contributed by atoms with Crippen molar-refractivity contribution in [2.45, 2.75) is 65.5 Å². The van der Waals surface area contributed by atoms with Crippen LogP contribution in [0.25, 0.3) is 0 Å². The largest absolute Gasteiger partial charge is 0.380 e. The molecule has 19 heavy (non-hydrogen) atoms. The molecule has 1 rings (SSSR count). The van der Waals surface area contributed by atoms with E-state index in [0.29, 0.717) is 11.5 Å². The van der Waals surface area contributed by atoms with E-state index in [2.05, 4.69) is 51.8 Å². The van der Waals surface area contributed by atoms with Crippen molar-refractivity contribution < 1.29 is 4.74 Å². The molecule has 1 saturated heterocycles. The predicted molar refractivity (Wildman–Crippen MR) is 82.6 cm³/mol. The molecule has 1 fully saturated rings. The van der Waals surface area contributed by atoms with Gasteiger partial charge >= 0.3 is 0 Å². The number of piperazine rings is 1. The van der Waals surface area contributed by atoms with Crippen LogP contribution < -0.4 is 5.32 Å². The Morgan fingerprint density at radius 3 is 2.37 bits per heavy atom. The van der Waals surface area contributed by atoms with Crippen LogP contribution in [0.2, 0.25) is 0 Å². The number of nitrogens with one attached hydrogen (secondary N) is 1. The average Bonchev–Trinajstić information content (AvgIpc) is 2.36. The van der Waals surface area contributed by atoms with Crippen molar-refractivity contribution in [2.24, 2.45) is 5.92 Å². The Bertz CT molecular complexity index is 259. The van der Waals surface area contributed by atoms with Crippen LogP contribution in [0.5, 0.6) is 0 Å². The Hall–Kier alpha value is -0.120. The molecule has 0 spiro atoms. The van der Waals surface area contributed by atoms with Crippen LogP contribution in [0.15, 0.2) is 0 Å². The summed E-state index contributed by atoms with van der Waals surface area (Å²) >= 11 is 0. The first-order valence-electron chi connectivity index (χ1n) is 7.93. The first kappa shape index (κ1) is 16.9. The summed E-state index contributed by atoms with van der Waals surface area (Å²) in [6.45, 7) is 18.6. The first-order valence-corrected chi connectivity index (χ1v) is 7.93. The summed E-state index contributed by atoms with van der Waals surface area (Å²) in [6, 6.07) is 0. The predicted octanol–water partition coefficient (Wildman–Crippen LogP) is 2.90. The third kappa shape index (κ3) is 4.73. The van der Waals surface area contributed by atoms with Gasteiger partial charge in [-0.05, 0) is 32.6 Å². The quantitative estimate of drug-likeness (QED) is 0.720. The molecule has 1 aliphatic rings. The molecule has 0 saturated carbocycles. The second-order valence-corrected chi connectivity index (χ2v) is 7.04. The van der Waals surface area contributed by atoms with E-state index in [1.54, 1.807) is 0 Å². The summed E-state index contributed by atoms with van der Waals surface area (Å²) in [7, 11) is 0. The van der Waals surface area contributed by atoms with Gasteiger partial charge in [0.2, 0.25) is 0 Å². The molecular formula is C16H34N2O. The van der Waals surface area contributed by atoms with Crippen LogP contribution in [0, 0.1) is 5.92 Å². The van der Waals surface area contributed by atoms with Crippen molar-refractivity contribution in [3.63, 3.8) is 0 Å². The van der Waals surface area contributed by atoms with E-state index in [1.165, 1.54) is 12.8 Å². The fraction of sp³-hybridized carbons (Fsp3) is 1.00. The van der Waals surface area contributed by atoms with Gasteiger partial charge in [-0.1, -0.05) is 27.7 Å². The van der Waals surface area contributed by atoms with E-state index in [-0.39, 0.29) is 5.54 Å². The molecule has 1 N–H and O–H groups in total. The molecule has 1 heterocycles. The van der Waals surface area contributed by atoms with E-state index >= 15 is 0 Å². The highest BCUT2D eigenvalue weighted by molar-refractivity contribution is 5.00. The number of ether oxygens (including phenoxy) is 1. The van der Waals surface area contributed by atoms with Gasteiger partial charge < -0.3 is 10.1 Å². The highest BCUT2D eigenvalue weighted by atomic mass is 16.5. The lowest BCUT2D eigenvalue weighted by molar-refractivity contribution is -0.00403. The maximum Gasteiger partial charge on any atom is 0.0593 e. The lowest BCUT2D eigenvalue weighted by Gasteiger charge is -2.52. The van der Waals surface area contributed by atoms with Gasteiger partial charge in [-0.3, -0.25) is 4.90 Å². The molecule has 3 heteroatoms. The van der Waals surface area contributed by atoms with Crippen LogP contribution in [-0.4, -0.2) is 48.8 Å². The Labute approximate surface area is 120 Å². The van der Waals surface area contributed by atoms with Crippen molar-refractivity contribution in [1.82, 2.24) is 10.2 Å². The smallest absolute Gasteiger partial charge is 0.0593 e. The van der Waals surface area contributed by atoms with Crippen molar-refractivity contribution in [2.75, 3.05) is 32.8 Å². The normalized spacial score (nSPS) is 22.9. The monoisotopic (exact) mass is 270 g/mol. The van der Waals surface area contributed by atoms with Gasteiger partial charge in [-0.15, -0.1) is 0 Å². The highest BCUT2D eigenvalue weighted by Gasteiger charge is 2.40. The molecular weight excluding hydrogens is 236 g/mol. The van der Waals surface area contributed by atoms with Gasteiger partial charge in [0.15, 0.2) is 0 Å². The van der Waals surface area contributed by atoms with E-state index in [4.69, 9.17) is 4.74 Å². The maximum atomic E-state index is 5.76. The summed E-state index contributed by atoms with van der Waals surface area (Å²) < 4.78 is 5.76. The molecule has 0 radical (unpaired) electrons. The fourth-order valence-corrected chi connectivity index (χ4v) is 2.75. The van der Waals surface area contributed by atoms with Gasteiger partial charge in [0.25, 0.3) is 0 Å². The van der Waals surface area contributed by atoms with Crippen LogP contribution in [-0.2, 0) is 4.74 Å². The lowest BCUT2D eigenvalue weighted by atomic mass is 9.85. The number of rotatable bonds is 7. The second-order valence-electron chi connectivity index (χ2n) is 7.04. The SMILES string of the molecule is CCC1(CC)CN(CCOCC(C)C)C(C)(C)CN1. The highest BCUT2D eigenvalue weighted by Crippen LogP contribution is 2.27. The molecule has 0 unspecified atom stereocenters. The molecule has 0 amide bonds. The van der Waals surface area contributed by atoms with Gasteiger partial charge in [0.1, 0.15) is 0 Å². The maximum absolute atomic E-state index is 5.76. The number of hydrogen-bond acceptors (Lipinski definition) is 3. The van der Waals surface area contributed by atoms with E-state index in [0.717, 1.165) is 32.8 Å². The van der Waals surface area contributed by atoms with Crippen molar-refractivity contribution in [3.8, 4) is 0 Å². The van der Waals surface area contributed by atoms with E-state index < -0.39 is 0 Å². The summed E-state index contributed by atoms with van der Waals surface area (Å²) in [5.41, 5.74) is 0.530. The zero-order valence-electron chi connectivity index (χ0n) is 13.9. The Morgan fingerprint density at radius 1 is 1.21 bits per heavy atom. The lowest BCUT2D eigenvalue weighted by Crippen LogP contribution is -2.68. The van der Waals surface area contributed by atoms with Crippen molar-refractivity contribution in [3.05, 3.63) is 0 Å². The first-order chi connectivity index (χ1) is 8.85. The summed E-state index contributed by atoms with van der Waals surface area (Å²) in [6.07, 6.45) is 2.39. The molecule has 3 nitrogen and oxygen atoms in total. The Balaban J connectivity index is 2.51. The molecule has 0 aromatic heterocycles. The minimum Gasteiger partial charge on any atom is -0.380 e. The number of hydrogen-bond donors (Lipinski definition) is 1. The minimum absolute atomic E-state index is 0.231. The molecule has 0 aliphatic carbocycles. The van der Waals surface area contributed by atoms with Crippen molar-refractivity contribution in [1.29, 1.82) is 0 Å². The van der Waals surface area contributed by atoms with Crippen LogP contribution in [0.3, 0.4) is 0 Å². The van der Waals surface area contributed by atoms with Gasteiger partial charge in [-0.25, -0.2) is 0 Å². The topological polar surface area (TPSA) is 24.5 Å². The third-order valence-electron chi connectivity index (χ3n) is 4.56. The van der Waals surface area contributed by atoms with Crippen LogP contribution in [0.1, 0.15) is 54.4 Å². The molecule has 114 valence electrons. The molecule has 0 aromatic carbocycles. The summed E-state index contributed by atoms with van der Waals surface area (Å²) in [5, 5.41) is 3.78. The summed E-state index contributed by atoms with van der Waals surface area (Å²) in [4.78, 5) is 2.61. The zero-order valence-corrected chi connectivity index (χ0v) is 13.9. The second kappa shape index (κ2) is 7.05. The van der Waals surface area contributed by atoms with Crippen molar-refractivity contribution >= 4 is 0 Å². The van der Waals surface area contributed by atoms with Gasteiger partial charge in [-0.2, -0.15) is 0 Å². The fourth-order valence-electron chi connectivity index (χ4n) is 2.75. The summed E-state index contributed by atoms with van der Waals surface area (Å²) in [5.74, 6) is 0.626. The number of nitrogens with zero attached hydrogens (tertiary/aromatic N) is 1. The third-order valence-corrected chi connectivity index (χ3v) is 4.56. The molecule has 0 bridgehead atoms. The van der Waals surface area contributed by atoms with Crippen LogP contribution >= 0.6 is 0 Å². The zero-order chi connectivity index (χ0) is 14.5. The molecule has 1 aliphatic heterocycles. The van der Waals surface area contributed by atoms with Crippen LogP contribution in [0.4, 0.5) is 0 Å². The van der Waals surface area contributed by atoms with E-state index in [1.807, 2.05) is 0 Å². The molecule has 0 aromatic rings. The Morgan fingerprint density at radius 2 is 1.84 bits per heavy atom. The standard InChI is InChI=1S/C16H34N2O/c1-7-16(8-2)13-18(15(5,6)12-17-16)9-10-19-11-14(3)4/h14,17H,7-13H2,1-6H3.